The van der Waals surface area contributed by atoms with Gasteiger partial charge in [0.2, 0.25) is 0 Å². The van der Waals surface area contributed by atoms with Gasteiger partial charge in [0.1, 0.15) is 18.7 Å². The molecule has 158 valence electrons. The molecule has 0 bridgehead atoms. The van der Waals surface area contributed by atoms with Crippen molar-refractivity contribution >= 4 is 28.8 Å². The Morgan fingerprint density at radius 1 is 1.13 bits per heavy atom. The molecule has 9 nitrogen and oxygen atoms in total. The summed E-state index contributed by atoms with van der Waals surface area (Å²) in [4.78, 5) is 32.5. The summed E-state index contributed by atoms with van der Waals surface area (Å²) in [7, 11) is 1.32. The summed E-state index contributed by atoms with van der Waals surface area (Å²) < 4.78 is 11.5. The number of methoxy groups -OCH3 is 1. The van der Waals surface area contributed by atoms with E-state index in [1.807, 2.05) is 45.0 Å². The quantitative estimate of drug-likeness (QED) is 0.564. The summed E-state index contributed by atoms with van der Waals surface area (Å²) in [6, 6.07) is 7.55. The van der Waals surface area contributed by atoms with E-state index >= 15 is 0 Å². The highest BCUT2D eigenvalue weighted by molar-refractivity contribution is 5.87. The molecule has 0 aliphatic rings. The van der Waals surface area contributed by atoms with Crippen LogP contribution in [0.1, 0.15) is 37.4 Å². The van der Waals surface area contributed by atoms with Crippen molar-refractivity contribution in [1.82, 2.24) is 19.7 Å². The third-order valence-electron chi connectivity index (χ3n) is 4.47. The summed E-state index contributed by atoms with van der Waals surface area (Å²) in [5.74, 6) is -0.226. The van der Waals surface area contributed by atoms with Crippen molar-refractivity contribution in [2.45, 2.75) is 45.9 Å². The molecule has 0 saturated heterocycles. The number of aromatic nitrogens is 4. The van der Waals surface area contributed by atoms with Gasteiger partial charge in [-0.15, -0.1) is 0 Å². The molecule has 1 aromatic carbocycles. The summed E-state index contributed by atoms with van der Waals surface area (Å²) in [6.45, 7) is 5.58. The first kappa shape index (κ1) is 21.2. The van der Waals surface area contributed by atoms with E-state index in [1.54, 1.807) is 6.20 Å². The van der Waals surface area contributed by atoms with Crippen molar-refractivity contribution in [3.63, 3.8) is 0 Å². The molecule has 0 aliphatic carbocycles. The Hall–Kier alpha value is -3.49. The second-order valence-corrected chi connectivity index (χ2v) is 7.19. The van der Waals surface area contributed by atoms with E-state index in [-0.39, 0.29) is 31.1 Å². The highest BCUT2D eigenvalue weighted by Crippen LogP contribution is 2.27. The van der Waals surface area contributed by atoms with Gasteiger partial charge in [-0.05, 0) is 26.3 Å². The van der Waals surface area contributed by atoms with Gasteiger partial charge in [0.05, 0.1) is 37.3 Å². The normalized spacial score (nSPS) is 12.0. The molecular formula is C21H25N5O4. The Kier molecular flexibility index (Phi) is 6.61. The van der Waals surface area contributed by atoms with Gasteiger partial charge in [0, 0.05) is 0 Å². The molecule has 3 aromatic rings. The summed E-state index contributed by atoms with van der Waals surface area (Å²) >= 11 is 0. The number of hydrogen-bond donors (Lipinski definition) is 1. The van der Waals surface area contributed by atoms with E-state index < -0.39 is 5.97 Å². The Bertz CT molecular complexity index is 1030. The Balaban J connectivity index is 1.91. The maximum atomic E-state index is 12.4. The lowest BCUT2D eigenvalue weighted by Crippen LogP contribution is -2.20. The number of carbonyl (C=O) groups excluding carboxylic acids is 2. The molecule has 0 fully saturated rings. The average Bonchev–Trinajstić information content (AvgIpc) is 3.11. The van der Waals surface area contributed by atoms with Crippen LogP contribution in [-0.2, 0) is 25.6 Å². The van der Waals surface area contributed by atoms with Crippen LogP contribution in [0, 0.1) is 6.92 Å². The number of nitrogens with zero attached hydrogens (tertiary/aromatic N) is 4. The number of ether oxygens (including phenoxy) is 2. The lowest BCUT2D eigenvalue weighted by molar-refractivity contribution is -0.147. The molecule has 3 rings (SSSR count). The molecule has 0 radical (unpaired) electrons. The molecule has 1 atom stereocenters. The van der Waals surface area contributed by atoms with Crippen molar-refractivity contribution in [3.8, 4) is 0 Å². The number of esters is 2. The van der Waals surface area contributed by atoms with Crippen LogP contribution in [0.15, 0.2) is 36.8 Å². The molecule has 9 heteroatoms. The Morgan fingerprint density at radius 2 is 1.87 bits per heavy atom. The number of nitrogens with one attached hydrogen (secondary N) is 1. The van der Waals surface area contributed by atoms with Crippen molar-refractivity contribution < 1.29 is 19.1 Å². The van der Waals surface area contributed by atoms with E-state index in [4.69, 9.17) is 9.47 Å². The monoisotopic (exact) mass is 411 g/mol. The van der Waals surface area contributed by atoms with Crippen LogP contribution in [0.3, 0.4) is 0 Å². The van der Waals surface area contributed by atoms with Crippen LogP contribution < -0.4 is 5.32 Å². The van der Waals surface area contributed by atoms with Crippen molar-refractivity contribution in [3.05, 3.63) is 47.9 Å². The van der Waals surface area contributed by atoms with Gasteiger partial charge in [-0.25, -0.2) is 14.6 Å². The van der Waals surface area contributed by atoms with Crippen LogP contribution >= 0.6 is 0 Å². The second kappa shape index (κ2) is 9.34. The van der Waals surface area contributed by atoms with E-state index in [0.29, 0.717) is 16.9 Å². The zero-order chi connectivity index (χ0) is 21.7. The smallest absolute Gasteiger partial charge is 0.327 e. The fourth-order valence-electron chi connectivity index (χ4n) is 3.00. The van der Waals surface area contributed by atoms with Crippen molar-refractivity contribution in [2.75, 3.05) is 12.4 Å². The van der Waals surface area contributed by atoms with Gasteiger partial charge < -0.3 is 14.8 Å². The SMILES string of the molecule is COC(=O)Cn1ncc2c(N[C@H](CC(=O)OC(C)C)c3ccc(C)cc3)ncnc21. The van der Waals surface area contributed by atoms with E-state index in [2.05, 4.69) is 20.4 Å². The molecule has 0 unspecified atom stereocenters. The zero-order valence-corrected chi connectivity index (χ0v) is 17.5. The predicted octanol–water partition coefficient (Wildman–Crippen LogP) is 2.80. The minimum atomic E-state index is -0.429. The van der Waals surface area contributed by atoms with Crippen LogP contribution in [0.5, 0.6) is 0 Å². The average molecular weight is 411 g/mol. The molecule has 2 aromatic heterocycles. The van der Waals surface area contributed by atoms with Crippen molar-refractivity contribution in [1.29, 1.82) is 0 Å². The number of benzene rings is 1. The summed E-state index contributed by atoms with van der Waals surface area (Å²) in [6.07, 6.45) is 2.90. The third kappa shape index (κ3) is 5.11. The van der Waals surface area contributed by atoms with Gasteiger partial charge in [-0.3, -0.25) is 9.59 Å². The minimum Gasteiger partial charge on any atom is -0.468 e. The molecule has 0 saturated carbocycles. The summed E-state index contributed by atoms with van der Waals surface area (Å²) in [5.41, 5.74) is 2.54. The number of carbonyl (C=O) groups is 2. The lowest BCUT2D eigenvalue weighted by Gasteiger charge is -2.20. The number of aryl methyl sites for hydroxylation is 1. The van der Waals surface area contributed by atoms with Gasteiger partial charge in [-0.1, -0.05) is 29.8 Å². The fourth-order valence-corrected chi connectivity index (χ4v) is 3.00. The lowest BCUT2D eigenvalue weighted by atomic mass is 10.0. The van der Waals surface area contributed by atoms with E-state index in [9.17, 15) is 9.59 Å². The second-order valence-electron chi connectivity index (χ2n) is 7.19. The van der Waals surface area contributed by atoms with Crippen LogP contribution in [-0.4, -0.2) is 44.9 Å². The molecule has 2 heterocycles. The highest BCUT2D eigenvalue weighted by Gasteiger charge is 2.21. The zero-order valence-electron chi connectivity index (χ0n) is 17.5. The Morgan fingerprint density at radius 3 is 2.53 bits per heavy atom. The van der Waals surface area contributed by atoms with Gasteiger partial charge in [0.25, 0.3) is 0 Å². The van der Waals surface area contributed by atoms with Crippen LogP contribution in [0.25, 0.3) is 11.0 Å². The Labute approximate surface area is 174 Å². The van der Waals surface area contributed by atoms with Gasteiger partial charge >= 0.3 is 11.9 Å². The maximum absolute atomic E-state index is 12.4. The molecule has 30 heavy (non-hydrogen) atoms. The maximum Gasteiger partial charge on any atom is 0.327 e. The molecule has 0 amide bonds. The van der Waals surface area contributed by atoms with Gasteiger partial charge in [0.15, 0.2) is 5.65 Å². The minimum absolute atomic E-state index is 0.0570. The third-order valence-corrected chi connectivity index (χ3v) is 4.47. The molecule has 0 aliphatic heterocycles. The first-order chi connectivity index (χ1) is 14.4. The van der Waals surface area contributed by atoms with E-state index in [0.717, 1.165) is 11.1 Å². The van der Waals surface area contributed by atoms with Crippen LogP contribution in [0.2, 0.25) is 0 Å². The van der Waals surface area contributed by atoms with Gasteiger partial charge in [-0.2, -0.15) is 5.10 Å². The topological polar surface area (TPSA) is 108 Å². The molecule has 1 N–H and O–H groups in total. The standard InChI is InChI=1S/C21H25N5O4/c1-13(2)30-18(27)9-17(15-7-5-14(3)6-8-15)25-20-16-10-24-26(11-19(28)29-4)21(16)23-12-22-20/h5-8,10,12-13,17H,9,11H2,1-4H3,(H,22,23,25)/t17-/m1/s1. The first-order valence-electron chi connectivity index (χ1n) is 9.63. The van der Waals surface area contributed by atoms with E-state index in [1.165, 1.54) is 18.1 Å². The highest BCUT2D eigenvalue weighted by atomic mass is 16.5. The fraction of sp³-hybridized carbons (Fsp3) is 0.381. The largest absolute Gasteiger partial charge is 0.468 e. The number of fused-ring (bicyclic) bond motifs is 1. The summed E-state index contributed by atoms with van der Waals surface area (Å²) in [5, 5.41) is 8.17. The number of anilines is 1. The number of hydrogen-bond acceptors (Lipinski definition) is 8. The number of rotatable bonds is 8. The molecular weight excluding hydrogens is 386 g/mol. The van der Waals surface area contributed by atoms with Crippen LogP contribution in [0.4, 0.5) is 5.82 Å². The molecule has 0 spiro atoms. The van der Waals surface area contributed by atoms with Crippen molar-refractivity contribution in [2.24, 2.45) is 0 Å². The first-order valence-corrected chi connectivity index (χ1v) is 9.63. The predicted molar refractivity (Wildman–Crippen MR) is 111 cm³/mol.